The molecule has 0 aromatic carbocycles. The van der Waals surface area contributed by atoms with Crippen molar-refractivity contribution in [2.45, 2.75) is 31.9 Å². The Morgan fingerprint density at radius 2 is 2.45 bits per heavy atom. The van der Waals surface area contributed by atoms with Crippen molar-refractivity contribution in [3.8, 4) is 0 Å². The minimum absolute atomic E-state index is 0.255. The van der Waals surface area contributed by atoms with Gasteiger partial charge in [0.05, 0.1) is 6.61 Å². The maximum absolute atomic E-state index is 11.3. The molecular formula is C8H13NO2. The monoisotopic (exact) mass is 155 g/mol. The Labute approximate surface area is 66.3 Å². The molecule has 0 aliphatic carbocycles. The fourth-order valence-electron chi connectivity index (χ4n) is 1.97. The molecule has 2 fully saturated rings. The Morgan fingerprint density at radius 3 is 3.18 bits per heavy atom. The van der Waals surface area contributed by atoms with Gasteiger partial charge in [-0.3, -0.25) is 4.79 Å². The van der Waals surface area contributed by atoms with Crippen molar-refractivity contribution in [3.05, 3.63) is 0 Å². The minimum atomic E-state index is -0.255. The summed E-state index contributed by atoms with van der Waals surface area (Å²) in [7, 11) is 0. The van der Waals surface area contributed by atoms with Crippen LogP contribution in [0.25, 0.3) is 0 Å². The van der Waals surface area contributed by atoms with Gasteiger partial charge < -0.3 is 9.64 Å². The Kier molecular flexibility index (Phi) is 1.42. The molecule has 2 aliphatic rings. The summed E-state index contributed by atoms with van der Waals surface area (Å²) in [5, 5.41) is 0. The standard InChI is InChI=1S/C8H13NO2/c1-8-4-2-3-7(10)9(8)5-6-11-8/h2-6H2,1H3/t8-/m1/s1. The highest BCUT2D eigenvalue weighted by Crippen LogP contribution is 2.33. The van der Waals surface area contributed by atoms with Crippen LogP contribution in [-0.4, -0.2) is 29.7 Å². The number of hydrogen-bond donors (Lipinski definition) is 0. The predicted molar refractivity (Wildman–Crippen MR) is 39.9 cm³/mol. The molecule has 0 radical (unpaired) electrons. The Balaban J connectivity index is 2.22. The fraction of sp³-hybridized carbons (Fsp3) is 0.875. The number of piperidine rings is 1. The topological polar surface area (TPSA) is 29.5 Å². The molecule has 0 bridgehead atoms. The van der Waals surface area contributed by atoms with Crippen LogP contribution in [-0.2, 0) is 9.53 Å². The maximum Gasteiger partial charge on any atom is 0.224 e. The van der Waals surface area contributed by atoms with E-state index in [-0.39, 0.29) is 11.6 Å². The quantitative estimate of drug-likeness (QED) is 0.516. The third-order valence-electron chi connectivity index (χ3n) is 2.63. The largest absolute Gasteiger partial charge is 0.354 e. The first-order valence-corrected chi connectivity index (χ1v) is 4.17. The van der Waals surface area contributed by atoms with E-state index in [0.717, 1.165) is 19.4 Å². The van der Waals surface area contributed by atoms with Crippen molar-refractivity contribution in [3.63, 3.8) is 0 Å². The maximum atomic E-state index is 11.3. The SMILES string of the molecule is C[C@@]12CCCC(=O)N1CCO2. The second-order valence-corrected chi connectivity index (χ2v) is 3.42. The molecule has 0 aromatic heterocycles. The predicted octanol–water partition coefficient (Wildman–Crippen LogP) is 0.745. The van der Waals surface area contributed by atoms with Gasteiger partial charge in [0.15, 0.2) is 0 Å². The van der Waals surface area contributed by atoms with Crippen LogP contribution in [0, 0.1) is 0 Å². The Hall–Kier alpha value is -0.570. The first-order chi connectivity index (χ1) is 5.22. The van der Waals surface area contributed by atoms with Crippen LogP contribution in [0.5, 0.6) is 0 Å². The summed E-state index contributed by atoms with van der Waals surface area (Å²) in [5.41, 5.74) is -0.255. The van der Waals surface area contributed by atoms with Crippen LogP contribution in [0.2, 0.25) is 0 Å². The van der Waals surface area contributed by atoms with Gasteiger partial charge >= 0.3 is 0 Å². The van der Waals surface area contributed by atoms with E-state index in [1.807, 2.05) is 11.8 Å². The summed E-state index contributed by atoms with van der Waals surface area (Å²) in [6.07, 6.45) is 2.68. The van der Waals surface area contributed by atoms with E-state index in [0.29, 0.717) is 13.0 Å². The molecule has 2 heterocycles. The van der Waals surface area contributed by atoms with Crippen molar-refractivity contribution >= 4 is 5.91 Å². The molecule has 1 atom stereocenters. The zero-order valence-electron chi connectivity index (χ0n) is 6.80. The van der Waals surface area contributed by atoms with Crippen LogP contribution in [0.1, 0.15) is 26.2 Å². The molecule has 0 aromatic rings. The number of hydrogen-bond acceptors (Lipinski definition) is 2. The van der Waals surface area contributed by atoms with Gasteiger partial charge in [-0.15, -0.1) is 0 Å². The van der Waals surface area contributed by atoms with E-state index in [2.05, 4.69) is 0 Å². The van der Waals surface area contributed by atoms with Crippen LogP contribution in [0.15, 0.2) is 0 Å². The number of nitrogens with zero attached hydrogens (tertiary/aromatic N) is 1. The zero-order valence-corrected chi connectivity index (χ0v) is 6.80. The van der Waals surface area contributed by atoms with E-state index in [1.165, 1.54) is 0 Å². The smallest absolute Gasteiger partial charge is 0.224 e. The number of carbonyl (C=O) groups is 1. The van der Waals surface area contributed by atoms with Crippen molar-refractivity contribution in [1.82, 2.24) is 4.90 Å². The molecule has 62 valence electrons. The lowest BCUT2D eigenvalue weighted by atomic mass is 10.0. The van der Waals surface area contributed by atoms with Gasteiger partial charge in [-0.2, -0.15) is 0 Å². The average molecular weight is 155 g/mol. The number of fused-ring (bicyclic) bond motifs is 1. The third kappa shape index (κ3) is 0.948. The molecule has 3 nitrogen and oxygen atoms in total. The first-order valence-electron chi connectivity index (χ1n) is 4.17. The normalized spacial score (nSPS) is 37.5. The second kappa shape index (κ2) is 2.21. The first kappa shape index (κ1) is 7.10. The minimum Gasteiger partial charge on any atom is -0.354 e. The van der Waals surface area contributed by atoms with Gasteiger partial charge in [0.2, 0.25) is 5.91 Å². The van der Waals surface area contributed by atoms with Gasteiger partial charge in [-0.05, 0) is 19.8 Å². The molecular weight excluding hydrogens is 142 g/mol. The van der Waals surface area contributed by atoms with E-state index in [9.17, 15) is 4.79 Å². The van der Waals surface area contributed by atoms with Gasteiger partial charge in [0.25, 0.3) is 0 Å². The van der Waals surface area contributed by atoms with Crippen LogP contribution in [0.3, 0.4) is 0 Å². The number of rotatable bonds is 0. The molecule has 3 heteroatoms. The number of carbonyl (C=O) groups excluding carboxylic acids is 1. The van der Waals surface area contributed by atoms with E-state index in [1.54, 1.807) is 0 Å². The van der Waals surface area contributed by atoms with E-state index in [4.69, 9.17) is 4.74 Å². The highest BCUT2D eigenvalue weighted by Gasteiger charge is 2.42. The van der Waals surface area contributed by atoms with Gasteiger partial charge in [-0.1, -0.05) is 0 Å². The van der Waals surface area contributed by atoms with Gasteiger partial charge in [0.1, 0.15) is 5.72 Å². The lowest BCUT2D eigenvalue weighted by Gasteiger charge is -2.37. The third-order valence-corrected chi connectivity index (χ3v) is 2.63. The van der Waals surface area contributed by atoms with Crippen LogP contribution < -0.4 is 0 Å². The summed E-state index contributed by atoms with van der Waals surface area (Å²) >= 11 is 0. The Bertz CT molecular complexity index is 193. The van der Waals surface area contributed by atoms with Crippen molar-refractivity contribution < 1.29 is 9.53 Å². The molecule has 11 heavy (non-hydrogen) atoms. The molecule has 2 saturated heterocycles. The van der Waals surface area contributed by atoms with Gasteiger partial charge in [0, 0.05) is 13.0 Å². The number of ether oxygens (including phenoxy) is 1. The van der Waals surface area contributed by atoms with Gasteiger partial charge in [-0.25, -0.2) is 0 Å². The van der Waals surface area contributed by atoms with Crippen molar-refractivity contribution in [2.24, 2.45) is 0 Å². The molecule has 0 N–H and O–H groups in total. The highest BCUT2D eigenvalue weighted by atomic mass is 16.5. The Morgan fingerprint density at radius 1 is 1.64 bits per heavy atom. The molecule has 0 spiro atoms. The van der Waals surface area contributed by atoms with Crippen LogP contribution in [0.4, 0.5) is 0 Å². The molecule has 1 amide bonds. The average Bonchev–Trinajstić information content (AvgIpc) is 2.31. The summed E-state index contributed by atoms with van der Waals surface area (Å²) in [5.74, 6) is 0.260. The second-order valence-electron chi connectivity index (χ2n) is 3.42. The van der Waals surface area contributed by atoms with E-state index >= 15 is 0 Å². The molecule has 0 saturated carbocycles. The molecule has 2 rings (SSSR count). The van der Waals surface area contributed by atoms with Crippen molar-refractivity contribution in [2.75, 3.05) is 13.2 Å². The number of amides is 1. The zero-order chi connectivity index (χ0) is 7.90. The lowest BCUT2D eigenvalue weighted by molar-refractivity contribution is -0.154. The van der Waals surface area contributed by atoms with E-state index < -0.39 is 0 Å². The summed E-state index contributed by atoms with van der Waals surface area (Å²) in [6, 6.07) is 0. The molecule has 2 aliphatic heterocycles. The highest BCUT2D eigenvalue weighted by molar-refractivity contribution is 5.77. The van der Waals surface area contributed by atoms with Crippen molar-refractivity contribution in [1.29, 1.82) is 0 Å². The fourth-order valence-corrected chi connectivity index (χ4v) is 1.97. The lowest BCUT2D eigenvalue weighted by Crippen LogP contribution is -2.48. The van der Waals surface area contributed by atoms with Crippen LogP contribution >= 0.6 is 0 Å². The molecule has 0 unspecified atom stereocenters. The summed E-state index contributed by atoms with van der Waals surface area (Å²) in [6.45, 7) is 3.51. The summed E-state index contributed by atoms with van der Waals surface area (Å²) < 4.78 is 5.52. The summed E-state index contributed by atoms with van der Waals surface area (Å²) in [4.78, 5) is 13.2.